The number of rotatable bonds is 6. The minimum Gasteiger partial charge on any atom is -0.479 e. The lowest BCUT2D eigenvalue weighted by Crippen LogP contribution is -2.20. The molecule has 8 nitrogen and oxygen atoms in total. The lowest BCUT2D eigenvalue weighted by atomic mass is 10.3. The van der Waals surface area contributed by atoms with Gasteiger partial charge in [0.25, 0.3) is 0 Å². The highest BCUT2D eigenvalue weighted by atomic mass is 19.3. The van der Waals surface area contributed by atoms with Gasteiger partial charge in [-0.3, -0.25) is 0 Å². The lowest BCUT2D eigenvalue weighted by molar-refractivity contribution is -0.0497. The molecule has 0 aliphatic carbocycles. The number of halogens is 2. The second kappa shape index (κ2) is 7.90. The molecule has 128 valence electrons. The molecule has 0 aliphatic rings. The fourth-order valence-electron chi connectivity index (χ4n) is 1.73. The van der Waals surface area contributed by atoms with Gasteiger partial charge in [0, 0.05) is 11.8 Å². The number of amides is 2. The van der Waals surface area contributed by atoms with Gasteiger partial charge in [0.15, 0.2) is 0 Å². The molecule has 0 bridgehead atoms. The summed E-state index contributed by atoms with van der Waals surface area (Å²) in [6, 6.07) is 5.01. The van der Waals surface area contributed by atoms with Crippen molar-refractivity contribution in [1.29, 1.82) is 0 Å². The van der Waals surface area contributed by atoms with E-state index >= 15 is 0 Å². The smallest absolute Gasteiger partial charge is 0.387 e. The molecule has 0 aliphatic heterocycles. The monoisotopic (exact) mass is 340 g/mol. The second-order valence-electron chi connectivity index (χ2n) is 4.27. The van der Waals surface area contributed by atoms with Gasteiger partial charge in [-0.15, -0.1) is 0 Å². The maximum Gasteiger partial charge on any atom is 0.387 e. The predicted molar refractivity (Wildman–Crippen MR) is 80.9 cm³/mol. The van der Waals surface area contributed by atoms with Crippen LogP contribution in [0.4, 0.5) is 25.0 Å². The van der Waals surface area contributed by atoms with Crippen molar-refractivity contribution in [1.82, 2.24) is 9.97 Å². The number of carbonyl (C=O) groups is 1. The molecule has 2 amide bonds. The molecule has 0 unspecified atom stereocenters. The van der Waals surface area contributed by atoms with Gasteiger partial charge in [0.1, 0.15) is 11.4 Å². The average Bonchev–Trinajstić information content (AvgIpc) is 2.54. The minimum atomic E-state index is -2.95. The number of nitrogens with zero attached hydrogens (tertiary/aromatic N) is 2. The van der Waals surface area contributed by atoms with E-state index in [1.807, 2.05) is 0 Å². The molecule has 0 saturated carbocycles. The van der Waals surface area contributed by atoms with Crippen LogP contribution in [0.5, 0.6) is 17.6 Å². The predicted octanol–water partition coefficient (Wildman–Crippen LogP) is 2.74. The number of carbonyl (C=O) groups excluding carboxylic acids is 1. The molecule has 0 spiro atoms. The molecule has 2 aromatic rings. The number of benzene rings is 1. The number of urea groups is 1. The molecule has 1 aromatic heterocycles. The van der Waals surface area contributed by atoms with Gasteiger partial charge in [-0.05, 0) is 12.1 Å². The highest BCUT2D eigenvalue weighted by Gasteiger charge is 2.12. The largest absolute Gasteiger partial charge is 0.479 e. The van der Waals surface area contributed by atoms with E-state index < -0.39 is 12.6 Å². The highest BCUT2D eigenvalue weighted by Crippen LogP contribution is 2.23. The average molecular weight is 340 g/mol. The highest BCUT2D eigenvalue weighted by molar-refractivity contribution is 6.00. The third-order valence-electron chi connectivity index (χ3n) is 2.67. The molecular formula is C14H14F2N4O4. The van der Waals surface area contributed by atoms with Gasteiger partial charge < -0.3 is 24.8 Å². The maximum atomic E-state index is 12.2. The van der Waals surface area contributed by atoms with Gasteiger partial charge in [-0.25, -0.2) is 9.78 Å². The van der Waals surface area contributed by atoms with Crippen molar-refractivity contribution in [2.24, 2.45) is 0 Å². The number of hydrogen-bond donors (Lipinski definition) is 2. The third kappa shape index (κ3) is 4.66. The summed E-state index contributed by atoms with van der Waals surface area (Å²) < 4.78 is 38.5. The molecule has 0 saturated heterocycles. The van der Waals surface area contributed by atoms with E-state index in [1.54, 1.807) is 0 Å². The molecule has 1 heterocycles. The summed E-state index contributed by atoms with van der Waals surface area (Å²) in [6.45, 7) is -2.95. The van der Waals surface area contributed by atoms with Crippen LogP contribution in [-0.2, 0) is 0 Å². The summed E-state index contributed by atoms with van der Waals surface area (Å²) in [4.78, 5) is 19.8. The maximum absolute atomic E-state index is 12.2. The van der Waals surface area contributed by atoms with E-state index in [0.29, 0.717) is 0 Å². The SMILES string of the molecule is COc1ncc(NC(=O)Nc2cccc(OC(F)F)c2)c(OC)n1. The van der Waals surface area contributed by atoms with Gasteiger partial charge in [0.05, 0.1) is 20.4 Å². The topological polar surface area (TPSA) is 94.6 Å². The summed E-state index contributed by atoms with van der Waals surface area (Å²) in [5.74, 6) is 0.0277. The molecule has 2 N–H and O–H groups in total. The van der Waals surface area contributed by atoms with E-state index in [-0.39, 0.29) is 29.0 Å². The van der Waals surface area contributed by atoms with Crippen LogP contribution in [0.15, 0.2) is 30.5 Å². The molecule has 24 heavy (non-hydrogen) atoms. The molecule has 0 atom stereocenters. The number of hydrogen-bond acceptors (Lipinski definition) is 6. The van der Waals surface area contributed by atoms with E-state index in [9.17, 15) is 13.6 Å². The van der Waals surface area contributed by atoms with E-state index in [0.717, 1.165) is 0 Å². The van der Waals surface area contributed by atoms with Crippen molar-refractivity contribution >= 4 is 17.4 Å². The van der Waals surface area contributed by atoms with Crippen LogP contribution in [0.25, 0.3) is 0 Å². The zero-order valence-electron chi connectivity index (χ0n) is 12.7. The fourth-order valence-corrected chi connectivity index (χ4v) is 1.73. The zero-order chi connectivity index (χ0) is 17.5. The molecule has 1 aromatic carbocycles. The second-order valence-corrected chi connectivity index (χ2v) is 4.27. The Balaban J connectivity index is 2.06. The Morgan fingerprint density at radius 3 is 2.67 bits per heavy atom. The van der Waals surface area contributed by atoms with Crippen LogP contribution in [0, 0.1) is 0 Å². The van der Waals surface area contributed by atoms with Crippen molar-refractivity contribution < 1.29 is 27.8 Å². The van der Waals surface area contributed by atoms with E-state index in [1.165, 1.54) is 44.7 Å². The first-order valence-corrected chi connectivity index (χ1v) is 6.59. The summed E-state index contributed by atoms with van der Waals surface area (Å²) in [6.07, 6.45) is 1.31. The van der Waals surface area contributed by atoms with Crippen molar-refractivity contribution in [3.05, 3.63) is 30.5 Å². The number of methoxy groups -OCH3 is 2. The van der Waals surface area contributed by atoms with Crippen molar-refractivity contribution in [3.63, 3.8) is 0 Å². The fraction of sp³-hybridized carbons (Fsp3) is 0.214. The standard InChI is InChI=1S/C14H14F2N4O4/c1-22-11-10(7-17-14(20-11)23-2)19-13(21)18-8-4-3-5-9(6-8)24-12(15)16/h3-7,12H,1-2H3,(H2,18,19,21). The quantitative estimate of drug-likeness (QED) is 0.840. The number of nitrogens with one attached hydrogen (secondary N) is 2. The Morgan fingerprint density at radius 1 is 1.21 bits per heavy atom. The molecule has 0 radical (unpaired) electrons. The normalized spacial score (nSPS) is 10.2. The van der Waals surface area contributed by atoms with Crippen molar-refractivity contribution in [2.45, 2.75) is 6.61 Å². The van der Waals surface area contributed by atoms with E-state index in [2.05, 4.69) is 25.3 Å². The number of aromatic nitrogens is 2. The Hall–Kier alpha value is -3.17. The van der Waals surface area contributed by atoms with Crippen LogP contribution in [0.1, 0.15) is 0 Å². The summed E-state index contributed by atoms with van der Waals surface area (Å²) in [5.41, 5.74) is 0.467. The van der Waals surface area contributed by atoms with Crippen molar-refractivity contribution in [2.75, 3.05) is 24.9 Å². The molecule has 2 rings (SSSR count). The molecule has 0 fully saturated rings. The zero-order valence-corrected chi connectivity index (χ0v) is 12.7. The molecular weight excluding hydrogens is 326 g/mol. The van der Waals surface area contributed by atoms with Gasteiger partial charge in [0.2, 0.25) is 5.88 Å². The summed E-state index contributed by atoms with van der Waals surface area (Å²) in [7, 11) is 2.76. The van der Waals surface area contributed by atoms with Crippen LogP contribution < -0.4 is 24.8 Å². The van der Waals surface area contributed by atoms with Gasteiger partial charge in [-0.1, -0.05) is 6.07 Å². The van der Waals surface area contributed by atoms with E-state index in [4.69, 9.17) is 9.47 Å². The van der Waals surface area contributed by atoms with Crippen LogP contribution >= 0.6 is 0 Å². The van der Waals surface area contributed by atoms with Gasteiger partial charge >= 0.3 is 18.7 Å². The number of alkyl halides is 2. The Morgan fingerprint density at radius 2 is 2.00 bits per heavy atom. The first kappa shape index (κ1) is 17.2. The Kier molecular flexibility index (Phi) is 5.66. The number of anilines is 2. The summed E-state index contributed by atoms with van der Waals surface area (Å²) >= 11 is 0. The first-order chi connectivity index (χ1) is 11.5. The van der Waals surface area contributed by atoms with Gasteiger partial charge in [-0.2, -0.15) is 13.8 Å². The Bertz CT molecular complexity index is 715. The lowest BCUT2D eigenvalue weighted by Gasteiger charge is -2.11. The summed E-state index contributed by atoms with van der Waals surface area (Å²) in [5, 5.41) is 4.94. The van der Waals surface area contributed by atoms with Crippen molar-refractivity contribution in [3.8, 4) is 17.6 Å². The Labute approximate surface area is 135 Å². The minimum absolute atomic E-state index is 0.0758. The first-order valence-electron chi connectivity index (χ1n) is 6.59. The number of ether oxygens (including phenoxy) is 3. The third-order valence-corrected chi connectivity index (χ3v) is 2.67. The van der Waals surface area contributed by atoms with Crippen LogP contribution in [0.3, 0.4) is 0 Å². The van der Waals surface area contributed by atoms with Crippen LogP contribution in [0.2, 0.25) is 0 Å². The molecule has 10 heteroatoms. The van der Waals surface area contributed by atoms with Crippen LogP contribution in [-0.4, -0.2) is 36.8 Å².